The fourth-order valence-corrected chi connectivity index (χ4v) is 2.54. The van der Waals surface area contributed by atoms with Gasteiger partial charge in [-0.15, -0.1) is 0 Å². The lowest BCUT2D eigenvalue weighted by Crippen LogP contribution is -2.56. The molecule has 0 aromatic heterocycles. The third-order valence-corrected chi connectivity index (χ3v) is 3.93. The van der Waals surface area contributed by atoms with Crippen LogP contribution >= 0.6 is 0 Å². The summed E-state index contributed by atoms with van der Waals surface area (Å²) in [5.74, 6) is -0.469. The molecule has 18 heavy (non-hydrogen) atoms. The number of rotatable bonds is 6. The first kappa shape index (κ1) is 15.0. The highest BCUT2D eigenvalue weighted by molar-refractivity contribution is 5.87. The van der Waals surface area contributed by atoms with Crippen molar-refractivity contribution < 1.29 is 14.7 Å². The average molecular weight is 256 g/mol. The predicted octanol–water partition coefficient (Wildman–Crippen LogP) is 1.14. The minimum absolute atomic E-state index is 0.179. The third-order valence-electron chi connectivity index (χ3n) is 3.93. The number of aliphatic carboxylic acids is 1. The summed E-state index contributed by atoms with van der Waals surface area (Å²) in [5, 5.41) is 15.0. The normalized spacial score (nSPS) is 27.8. The van der Waals surface area contributed by atoms with E-state index in [4.69, 9.17) is 0 Å². The van der Waals surface area contributed by atoms with E-state index >= 15 is 0 Å². The molecular weight excluding hydrogens is 232 g/mol. The quantitative estimate of drug-likeness (QED) is 0.666. The van der Waals surface area contributed by atoms with Gasteiger partial charge in [0.2, 0.25) is 5.91 Å². The maximum Gasteiger partial charge on any atom is 0.329 e. The zero-order valence-electron chi connectivity index (χ0n) is 11.3. The smallest absolute Gasteiger partial charge is 0.329 e. The molecule has 104 valence electrons. The topological polar surface area (TPSA) is 78.4 Å². The molecular formula is C13H24N2O3. The molecule has 0 saturated heterocycles. The Bertz CT molecular complexity index is 297. The van der Waals surface area contributed by atoms with Gasteiger partial charge in [0.05, 0.1) is 0 Å². The molecule has 1 aliphatic carbocycles. The number of carbonyl (C=O) groups excluding carboxylic acids is 1. The Balaban J connectivity index is 2.60. The number of amides is 1. The molecule has 3 N–H and O–H groups in total. The van der Waals surface area contributed by atoms with Crippen LogP contribution in [0.4, 0.5) is 0 Å². The summed E-state index contributed by atoms with van der Waals surface area (Å²) >= 11 is 0. The van der Waals surface area contributed by atoms with E-state index < -0.39 is 11.5 Å². The molecule has 0 unspecified atom stereocenters. The fourth-order valence-electron chi connectivity index (χ4n) is 2.54. The molecule has 0 aromatic rings. The van der Waals surface area contributed by atoms with Crippen LogP contribution in [-0.2, 0) is 9.59 Å². The molecule has 5 nitrogen and oxygen atoms in total. The standard InChI is InChI=1S/C13H24N2O3/c1-3-10-4-7-13(8-5-10,12(17)18)15-11(16)6-9-14-2/h10,14H,3-9H2,1-2H3,(H,15,16)(H,17,18). The molecule has 1 fully saturated rings. The van der Waals surface area contributed by atoms with E-state index in [0.717, 1.165) is 19.3 Å². The molecule has 1 amide bonds. The van der Waals surface area contributed by atoms with Crippen molar-refractivity contribution in [1.82, 2.24) is 10.6 Å². The summed E-state index contributed by atoms with van der Waals surface area (Å²) in [7, 11) is 1.77. The van der Waals surface area contributed by atoms with Crippen LogP contribution in [0.1, 0.15) is 45.4 Å². The molecule has 5 heteroatoms. The Morgan fingerprint density at radius 2 is 1.94 bits per heavy atom. The minimum Gasteiger partial charge on any atom is -0.480 e. The summed E-state index contributed by atoms with van der Waals surface area (Å²) < 4.78 is 0. The van der Waals surface area contributed by atoms with Gasteiger partial charge in [-0.25, -0.2) is 4.79 Å². The Hall–Kier alpha value is -1.10. The first-order valence-corrected chi connectivity index (χ1v) is 6.73. The molecule has 0 heterocycles. The van der Waals surface area contributed by atoms with Gasteiger partial charge in [0.15, 0.2) is 0 Å². The SMILES string of the molecule is CCC1CCC(NC(=O)CCNC)(C(=O)O)CC1. The largest absolute Gasteiger partial charge is 0.480 e. The molecule has 0 aliphatic heterocycles. The van der Waals surface area contributed by atoms with Crippen molar-refractivity contribution in [3.05, 3.63) is 0 Å². The van der Waals surface area contributed by atoms with Crippen LogP contribution < -0.4 is 10.6 Å². The summed E-state index contributed by atoms with van der Waals surface area (Å²) in [5.41, 5.74) is -1.03. The monoisotopic (exact) mass is 256 g/mol. The Morgan fingerprint density at radius 3 is 2.39 bits per heavy atom. The van der Waals surface area contributed by atoms with Crippen LogP contribution in [0.15, 0.2) is 0 Å². The number of hydrogen-bond donors (Lipinski definition) is 3. The first-order chi connectivity index (χ1) is 8.54. The predicted molar refractivity (Wildman–Crippen MR) is 69.3 cm³/mol. The van der Waals surface area contributed by atoms with Crippen LogP contribution in [0.5, 0.6) is 0 Å². The zero-order chi connectivity index (χ0) is 13.6. The van der Waals surface area contributed by atoms with E-state index in [9.17, 15) is 14.7 Å². The van der Waals surface area contributed by atoms with E-state index in [1.807, 2.05) is 0 Å². The number of carboxylic acid groups (broad SMARTS) is 1. The Morgan fingerprint density at radius 1 is 1.33 bits per heavy atom. The van der Waals surface area contributed by atoms with Crippen LogP contribution in [0.2, 0.25) is 0 Å². The van der Waals surface area contributed by atoms with Crippen molar-refractivity contribution in [2.75, 3.05) is 13.6 Å². The van der Waals surface area contributed by atoms with Gasteiger partial charge in [-0.05, 0) is 38.6 Å². The van der Waals surface area contributed by atoms with Gasteiger partial charge in [0.25, 0.3) is 0 Å². The third kappa shape index (κ3) is 3.70. The molecule has 1 saturated carbocycles. The summed E-state index contributed by atoms with van der Waals surface area (Å²) in [4.78, 5) is 23.2. The van der Waals surface area contributed by atoms with Gasteiger partial charge in [0, 0.05) is 13.0 Å². The summed E-state index contributed by atoms with van der Waals surface area (Å²) in [6, 6.07) is 0. The van der Waals surface area contributed by atoms with Gasteiger partial charge < -0.3 is 15.7 Å². The van der Waals surface area contributed by atoms with Gasteiger partial charge in [-0.2, -0.15) is 0 Å². The molecule has 0 radical (unpaired) electrons. The van der Waals surface area contributed by atoms with E-state index in [2.05, 4.69) is 17.6 Å². The highest BCUT2D eigenvalue weighted by Crippen LogP contribution is 2.34. The second kappa shape index (κ2) is 6.73. The number of hydrogen-bond acceptors (Lipinski definition) is 3. The molecule has 0 spiro atoms. The van der Waals surface area contributed by atoms with Crippen molar-refractivity contribution in [2.24, 2.45) is 5.92 Å². The van der Waals surface area contributed by atoms with E-state index in [1.54, 1.807) is 7.05 Å². The molecule has 0 bridgehead atoms. The lowest BCUT2D eigenvalue weighted by molar-refractivity contribution is -0.149. The molecule has 1 aliphatic rings. The second-order valence-corrected chi connectivity index (χ2v) is 5.14. The van der Waals surface area contributed by atoms with E-state index in [0.29, 0.717) is 31.7 Å². The summed E-state index contributed by atoms with van der Waals surface area (Å²) in [6.45, 7) is 2.70. The van der Waals surface area contributed by atoms with Crippen molar-refractivity contribution in [3.8, 4) is 0 Å². The van der Waals surface area contributed by atoms with Crippen molar-refractivity contribution in [1.29, 1.82) is 0 Å². The van der Waals surface area contributed by atoms with Crippen molar-refractivity contribution >= 4 is 11.9 Å². The zero-order valence-corrected chi connectivity index (χ0v) is 11.3. The van der Waals surface area contributed by atoms with Gasteiger partial charge >= 0.3 is 5.97 Å². The lowest BCUT2D eigenvalue weighted by atomic mass is 9.75. The van der Waals surface area contributed by atoms with Crippen LogP contribution in [-0.4, -0.2) is 36.1 Å². The lowest BCUT2D eigenvalue weighted by Gasteiger charge is -2.37. The first-order valence-electron chi connectivity index (χ1n) is 6.73. The highest BCUT2D eigenvalue weighted by atomic mass is 16.4. The molecule has 0 aromatic carbocycles. The second-order valence-electron chi connectivity index (χ2n) is 5.14. The average Bonchev–Trinajstić information content (AvgIpc) is 2.37. The van der Waals surface area contributed by atoms with E-state index in [-0.39, 0.29) is 5.91 Å². The van der Waals surface area contributed by atoms with Gasteiger partial charge in [-0.3, -0.25) is 4.79 Å². The van der Waals surface area contributed by atoms with Crippen molar-refractivity contribution in [2.45, 2.75) is 51.0 Å². The number of carbonyl (C=O) groups is 2. The van der Waals surface area contributed by atoms with Crippen molar-refractivity contribution in [3.63, 3.8) is 0 Å². The van der Waals surface area contributed by atoms with Crippen LogP contribution in [0.25, 0.3) is 0 Å². The molecule has 1 rings (SSSR count). The Kier molecular flexibility index (Phi) is 5.59. The maximum absolute atomic E-state index is 11.7. The molecule has 0 atom stereocenters. The Labute approximate surface area is 108 Å². The van der Waals surface area contributed by atoms with Crippen LogP contribution in [0, 0.1) is 5.92 Å². The fraction of sp³-hybridized carbons (Fsp3) is 0.846. The number of carboxylic acids is 1. The maximum atomic E-state index is 11.7. The van der Waals surface area contributed by atoms with E-state index in [1.165, 1.54) is 0 Å². The highest BCUT2D eigenvalue weighted by Gasteiger charge is 2.42. The number of nitrogens with one attached hydrogen (secondary N) is 2. The minimum atomic E-state index is -1.03. The van der Waals surface area contributed by atoms with Crippen LogP contribution in [0.3, 0.4) is 0 Å². The summed E-state index contributed by atoms with van der Waals surface area (Å²) in [6.07, 6.45) is 4.27. The van der Waals surface area contributed by atoms with Gasteiger partial charge in [0.1, 0.15) is 5.54 Å². The van der Waals surface area contributed by atoms with Gasteiger partial charge in [-0.1, -0.05) is 13.3 Å².